The summed E-state index contributed by atoms with van der Waals surface area (Å²) in [6, 6.07) is 0. The molecule has 1 N–H and O–H groups in total. The standard InChI is InChI=1S/C11H23NO3S/c1-13-2-3-14-4-5-15-6-7-16-10-11-8-12-9-11/h11-12H,2-10H2,1H3. The number of hydrogen-bond donors (Lipinski definition) is 1. The van der Waals surface area contributed by atoms with Crippen LogP contribution in [0.2, 0.25) is 0 Å². The van der Waals surface area contributed by atoms with Crippen LogP contribution in [0.4, 0.5) is 0 Å². The minimum Gasteiger partial charge on any atom is -0.382 e. The van der Waals surface area contributed by atoms with E-state index in [0.29, 0.717) is 26.4 Å². The van der Waals surface area contributed by atoms with Crippen molar-refractivity contribution in [1.29, 1.82) is 0 Å². The van der Waals surface area contributed by atoms with Gasteiger partial charge in [-0.05, 0) is 24.8 Å². The van der Waals surface area contributed by atoms with Gasteiger partial charge in [0.05, 0.1) is 33.0 Å². The molecule has 1 fully saturated rings. The van der Waals surface area contributed by atoms with E-state index in [1.807, 2.05) is 11.8 Å². The Kier molecular flexibility index (Phi) is 9.22. The van der Waals surface area contributed by atoms with Crippen molar-refractivity contribution in [2.45, 2.75) is 0 Å². The van der Waals surface area contributed by atoms with Crippen LogP contribution in [0.5, 0.6) is 0 Å². The number of methoxy groups -OCH3 is 1. The molecule has 0 aromatic heterocycles. The third kappa shape index (κ3) is 7.46. The SMILES string of the molecule is COCCOCCOCCSCC1CNC1. The van der Waals surface area contributed by atoms with Crippen LogP contribution < -0.4 is 5.32 Å². The van der Waals surface area contributed by atoms with E-state index < -0.39 is 0 Å². The highest BCUT2D eigenvalue weighted by Crippen LogP contribution is 2.11. The monoisotopic (exact) mass is 249 g/mol. The van der Waals surface area contributed by atoms with Gasteiger partial charge >= 0.3 is 0 Å². The molecule has 0 radical (unpaired) electrons. The van der Waals surface area contributed by atoms with Gasteiger partial charge in [-0.3, -0.25) is 0 Å². The van der Waals surface area contributed by atoms with Crippen LogP contribution in [0.15, 0.2) is 0 Å². The molecule has 0 unspecified atom stereocenters. The zero-order valence-electron chi connectivity index (χ0n) is 10.1. The number of hydrogen-bond acceptors (Lipinski definition) is 5. The molecule has 0 aromatic rings. The lowest BCUT2D eigenvalue weighted by molar-refractivity contribution is 0.0286. The molecular weight excluding hydrogens is 226 g/mol. The van der Waals surface area contributed by atoms with E-state index in [2.05, 4.69) is 5.32 Å². The summed E-state index contributed by atoms with van der Waals surface area (Å²) in [7, 11) is 1.68. The summed E-state index contributed by atoms with van der Waals surface area (Å²) < 4.78 is 15.6. The summed E-state index contributed by atoms with van der Waals surface area (Å²) >= 11 is 1.98. The highest BCUT2D eigenvalue weighted by molar-refractivity contribution is 7.99. The number of ether oxygens (including phenoxy) is 3. The second-order valence-electron chi connectivity index (χ2n) is 3.82. The van der Waals surface area contributed by atoms with Gasteiger partial charge in [-0.25, -0.2) is 0 Å². The van der Waals surface area contributed by atoms with Crippen molar-refractivity contribution < 1.29 is 14.2 Å². The fourth-order valence-corrected chi connectivity index (χ4v) is 2.27. The van der Waals surface area contributed by atoms with E-state index in [4.69, 9.17) is 14.2 Å². The van der Waals surface area contributed by atoms with Gasteiger partial charge in [0.25, 0.3) is 0 Å². The van der Waals surface area contributed by atoms with Gasteiger partial charge in [0.1, 0.15) is 0 Å². The van der Waals surface area contributed by atoms with Gasteiger partial charge < -0.3 is 19.5 Å². The molecule has 0 atom stereocenters. The van der Waals surface area contributed by atoms with Gasteiger partial charge in [0.2, 0.25) is 0 Å². The average Bonchev–Trinajstić information content (AvgIpc) is 2.23. The molecule has 0 bridgehead atoms. The minimum atomic E-state index is 0.656. The predicted octanol–water partition coefficient (Wildman–Crippen LogP) is 0.619. The Morgan fingerprint density at radius 3 is 2.38 bits per heavy atom. The van der Waals surface area contributed by atoms with Crippen LogP contribution in [-0.4, -0.2) is 64.7 Å². The summed E-state index contributed by atoms with van der Waals surface area (Å²) in [4.78, 5) is 0. The predicted molar refractivity (Wildman–Crippen MR) is 67.2 cm³/mol. The fraction of sp³-hybridized carbons (Fsp3) is 1.00. The molecule has 0 aromatic carbocycles. The van der Waals surface area contributed by atoms with Crippen molar-refractivity contribution in [2.75, 3.05) is 64.7 Å². The molecule has 1 rings (SSSR count). The molecule has 1 saturated heterocycles. The van der Waals surface area contributed by atoms with E-state index in [1.165, 1.54) is 18.8 Å². The van der Waals surface area contributed by atoms with Crippen molar-refractivity contribution in [2.24, 2.45) is 5.92 Å². The third-order valence-electron chi connectivity index (χ3n) is 2.40. The van der Waals surface area contributed by atoms with E-state index in [0.717, 1.165) is 18.3 Å². The van der Waals surface area contributed by atoms with Crippen LogP contribution in [0.1, 0.15) is 0 Å². The van der Waals surface area contributed by atoms with Crippen molar-refractivity contribution in [3.8, 4) is 0 Å². The largest absolute Gasteiger partial charge is 0.382 e. The van der Waals surface area contributed by atoms with E-state index >= 15 is 0 Å². The first-order chi connectivity index (χ1) is 7.93. The van der Waals surface area contributed by atoms with Crippen molar-refractivity contribution in [3.05, 3.63) is 0 Å². The Morgan fingerprint density at radius 1 is 1.06 bits per heavy atom. The number of nitrogens with one attached hydrogen (secondary N) is 1. The van der Waals surface area contributed by atoms with Gasteiger partial charge in [-0.2, -0.15) is 11.8 Å². The molecule has 0 spiro atoms. The smallest absolute Gasteiger partial charge is 0.0701 e. The first kappa shape index (κ1) is 14.3. The molecule has 16 heavy (non-hydrogen) atoms. The first-order valence-corrected chi connectivity index (χ1v) is 7.02. The summed E-state index contributed by atoms with van der Waals surface area (Å²) in [6.45, 7) is 5.89. The Morgan fingerprint density at radius 2 is 1.75 bits per heavy atom. The van der Waals surface area contributed by atoms with Gasteiger partial charge in [0, 0.05) is 12.9 Å². The summed E-state index contributed by atoms with van der Waals surface area (Å²) in [5.41, 5.74) is 0. The molecule has 4 nitrogen and oxygen atoms in total. The summed E-state index contributed by atoms with van der Waals surface area (Å²) in [6.07, 6.45) is 0. The van der Waals surface area contributed by atoms with Crippen LogP contribution in [0.3, 0.4) is 0 Å². The van der Waals surface area contributed by atoms with Crippen LogP contribution in [0.25, 0.3) is 0 Å². The summed E-state index contributed by atoms with van der Waals surface area (Å²) in [5, 5.41) is 3.28. The normalized spacial score (nSPS) is 16.3. The van der Waals surface area contributed by atoms with E-state index in [9.17, 15) is 0 Å². The van der Waals surface area contributed by atoms with Crippen molar-refractivity contribution >= 4 is 11.8 Å². The Hall–Kier alpha value is 0.190. The minimum absolute atomic E-state index is 0.656. The Balaban J connectivity index is 1.65. The van der Waals surface area contributed by atoms with E-state index in [-0.39, 0.29) is 0 Å². The van der Waals surface area contributed by atoms with Gasteiger partial charge in [0.15, 0.2) is 0 Å². The molecule has 1 aliphatic rings. The Labute approximate surface area is 102 Å². The molecular formula is C11H23NO3S. The van der Waals surface area contributed by atoms with Crippen LogP contribution in [0, 0.1) is 5.92 Å². The van der Waals surface area contributed by atoms with Crippen LogP contribution >= 0.6 is 11.8 Å². The first-order valence-electron chi connectivity index (χ1n) is 5.86. The van der Waals surface area contributed by atoms with Crippen LogP contribution in [-0.2, 0) is 14.2 Å². The highest BCUT2D eigenvalue weighted by Gasteiger charge is 2.15. The maximum absolute atomic E-state index is 5.45. The summed E-state index contributed by atoms with van der Waals surface area (Å²) in [5.74, 6) is 3.25. The lowest BCUT2D eigenvalue weighted by Gasteiger charge is -2.26. The maximum Gasteiger partial charge on any atom is 0.0701 e. The molecule has 0 saturated carbocycles. The second kappa shape index (κ2) is 10.4. The topological polar surface area (TPSA) is 39.7 Å². The fourth-order valence-electron chi connectivity index (χ4n) is 1.30. The quantitative estimate of drug-likeness (QED) is 0.544. The molecule has 0 aliphatic carbocycles. The lowest BCUT2D eigenvalue weighted by atomic mass is 10.1. The second-order valence-corrected chi connectivity index (χ2v) is 4.97. The van der Waals surface area contributed by atoms with Crippen molar-refractivity contribution in [1.82, 2.24) is 5.32 Å². The molecule has 1 aliphatic heterocycles. The van der Waals surface area contributed by atoms with E-state index in [1.54, 1.807) is 7.11 Å². The highest BCUT2D eigenvalue weighted by atomic mass is 32.2. The molecule has 5 heteroatoms. The number of rotatable bonds is 11. The maximum atomic E-state index is 5.45. The zero-order valence-corrected chi connectivity index (χ0v) is 10.9. The van der Waals surface area contributed by atoms with Gasteiger partial charge in [-0.1, -0.05) is 0 Å². The molecule has 96 valence electrons. The molecule has 1 heterocycles. The lowest BCUT2D eigenvalue weighted by Crippen LogP contribution is -2.43. The van der Waals surface area contributed by atoms with Crippen molar-refractivity contribution in [3.63, 3.8) is 0 Å². The van der Waals surface area contributed by atoms with Gasteiger partial charge in [-0.15, -0.1) is 0 Å². The molecule has 0 amide bonds. The zero-order chi connectivity index (χ0) is 11.5. The number of thioether (sulfide) groups is 1. The Bertz CT molecular complexity index is 156. The third-order valence-corrected chi connectivity index (χ3v) is 3.56. The average molecular weight is 249 g/mol.